The minimum absolute atomic E-state index is 0.0707. The first kappa shape index (κ1) is 16.1. The Morgan fingerprint density at radius 1 is 1.24 bits per heavy atom. The van der Waals surface area contributed by atoms with E-state index < -0.39 is 25.1 Å². The minimum atomic E-state index is -3.61. The summed E-state index contributed by atoms with van der Waals surface area (Å²) >= 11 is 0. The summed E-state index contributed by atoms with van der Waals surface area (Å²) in [6.07, 6.45) is 0.293. The van der Waals surface area contributed by atoms with E-state index in [-0.39, 0.29) is 30.9 Å². The van der Waals surface area contributed by atoms with Crippen molar-refractivity contribution in [3.63, 3.8) is 0 Å². The molecule has 0 atom stereocenters. The fraction of sp³-hybridized carbons (Fsp3) is 0.538. The summed E-state index contributed by atoms with van der Waals surface area (Å²) in [5, 5.41) is -0.666. The highest BCUT2D eigenvalue weighted by Crippen LogP contribution is 2.30. The monoisotopic (exact) mass is 332 g/mol. The first-order chi connectivity index (χ1) is 9.78. The lowest BCUT2D eigenvalue weighted by atomic mass is 10.2. The molecule has 0 radical (unpaired) electrons. The van der Waals surface area contributed by atoms with Crippen molar-refractivity contribution in [2.24, 2.45) is 0 Å². The lowest BCUT2D eigenvalue weighted by molar-refractivity contribution is 0.549. The van der Waals surface area contributed by atoms with Crippen LogP contribution in [-0.4, -0.2) is 40.1 Å². The second-order valence-electron chi connectivity index (χ2n) is 5.12. The Labute approximate surface area is 125 Å². The summed E-state index contributed by atoms with van der Waals surface area (Å²) in [7, 11) is -6.70. The van der Waals surface area contributed by atoms with Crippen molar-refractivity contribution >= 4 is 31.2 Å². The highest BCUT2D eigenvalue weighted by Gasteiger charge is 2.36. The third-order valence-electron chi connectivity index (χ3n) is 3.72. The molecule has 0 unspecified atom stereocenters. The van der Waals surface area contributed by atoms with Gasteiger partial charge in [-0.3, -0.25) is 4.31 Å². The molecule has 8 heteroatoms. The second kappa shape index (κ2) is 5.84. The zero-order valence-electron chi connectivity index (χ0n) is 11.9. The highest BCUT2D eigenvalue weighted by molar-refractivity contribution is 7.94. The fourth-order valence-electron chi connectivity index (χ4n) is 2.55. The van der Waals surface area contributed by atoms with Gasteiger partial charge in [0, 0.05) is 6.54 Å². The largest absolute Gasteiger partial charge is 0.397 e. The molecule has 21 heavy (non-hydrogen) atoms. The first-order valence-electron chi connectivity index (χ1n) is 6.84. The van der Waals surface area contributed by atoms with Crippen molar-refractivity contribution in [1.82, 2.24) is 0 Å². The smallest absolute Gasteiger partial charge is 0.238 e. The topological polar surface area (TPSA) is 97.5 Å². The van der Waals surface area contributed by atoms with E-state index >= 15 is 0 Å². The molecule has 1 aromatic rings. The molecule has 0 amide bonds. The first-order valence-corrected chi connectivity index (χ1v) is 10.2. The zero-order valence-corrected chi connectivity index (χ0v) is 13.5. The Morgan fingerprint density at radius 2 is 1.81 bits per heavy atom. The predicted molar refractivity (Wildman–Crippen MR) is 84.5 cm³/mol. The number of benzene rings is 1. The van der Waals surface area contributed by atoms with Gasteiger partial charge in [0.05, 0.1) is 28.1 Å². The van der Waals surface area contributed by atoms with Gasteiger partial charge in [0.25, 0.3) is 0 Å². The maximum Gasteiger partial charge on any atom is 0.238 e. The van der Waals surface area contributed by atoms with Gasteiger partial charge in [-0.15, -0.1) is 0 Å². The number of nitrogens with two attached hydrogens (primary N) is 1. The molecule has 0 saturated carbocycles. The van der Waals surface area contributed by atoms with E-state index in [0.717, 1.165) is 0 Å². The maximum absolute atomic E-state index is 12.8. The number of nitrogens with zero attached hydrogens (tertiary/aromatic N) is 1. The van der Waals surface area contributed by atoms with Crippen molar-refractivity contribution in [3.05, 3.63) is 24.3 Å². The van der Waals surface area contributed by atoms with Crippen LogP contribution in [0.15, 0.2) is 24.3 Å². The lowest BCUT2D eigenvalue weighted by Crippen LogP contribution is -2.43. The van der Waals surface area contributed by atoms with Gasteiger partial charge in [-0.2, -0.15) is 0 Å². The number of hydrogen-bond acceptors (Lipinski definition) is 5. The Bertz CT molecular complexity index is 699. The summed E-state index contributed by atoms with van der Waals surface area (Å²) in [6.45, 7) is 2.00. The molecule has 1 saturated heterocycles. The molecule has 2 N–H and O–H groups in total. The number of hydrogen-bond donors (Lipinski definition) is 1. The Kier molecular flexibility index (Phi) is 4.48. The van der Waals surface area contributed by atoms with Crippen LogP contribution in [0.3, 0.4) is 0 Å². The number of anilines is 2. The third-order valence-corrected chi connectivity index (χ3v) is 7.82. The molecule has 2 rings (SSSR count). The average molecular weight is 332 g/mol. The van der Waals surface area contributed by atoms with Crippen molar-refractivity contribution in [2.75, 3.05) is 28.1 Å². The van der Waals surface area contributed by atoms with E-state index in [4.69, 9.17) is 5.73 Å². The molecule has 1 fully saturated rings. The van der Waals surface area contributed by atoms with Crippen LogP contribution >= 0.6 is 0 Å². The molecule has 118 valence electrons. The van der Waals surface area contributed by atoms with Gasteiger partial charge in [-0.1, -0.05) is 12.1 Å². The summed E-state index contributed by atoms with van der Waals surface area (Å²) in [4.78, 5) is 0. The summed E-state index contributed by atoms with van der Waals surface area (Å²) in [5.74, 6) is -0.141. The third kappa shape index (κ3) is 3.32. The normalized spacial score (nSPS) is 19.3. The van der Waals surface area contributed by atoms with E-state index in [9.17, 15) is 16.8 Å². The van der Waals surface area contributed by atoms with E-state index in [1.807, 2.05) is 0 Å². The van der Waals surface area contributed by atoms with Crippen LogP contribution in [0.5, 0.6) is 0 Å². The molecule has 1 aromatic carbocycles. The van der Waals surface area contributed by atoms with Crippen molar-refractivity contribution < 1.29 is 16.8 Å². The van der Waals surface area contributed by atoms with Gasteiger partial charge in [-0.25, -0.2) is 16.8 Å². The van der Waals surface area contributed by atoms with Gasteiger partial charge in [0.1, 0.15) is 9.84 Å². The van der Waals surface area contributed by atoms with Crippen LogP contribution < -0.4 is 10.0 Å². The number of para-hydroxylation sites is 2. The number of sulfone groups is 1. The quantitative estimate of drug-likeness (QED) is 0.830. The lowest BCUT2D eigenvalue weighted by Gasteiger charge is -2.30. The number of nitrogen functional groups attached to an aromatic ring is 1. The van der Waals surface area contributed by atoms with Crippen molar-refractivity contribution in [2.45, 2.75) is 25.0 Å². The van der Waals surface area contributed by atoms with Gasteiger partial charge in [0.2, 0.25) is 10.0 Å². The molecule has 0 bridgehead atoms. The molecule has 0 aromatic heterocycles. The zero-order chi connectivity index (χ0) is 15.7. The van der Waals surface area contributed by atoms with Crippen LogP contribution in [0.2, 0.25) is 0 Å². The predicted octanol–water partition coefficient (Wildman–Crippen LogP) is 1.00. The summed E-state index contributed by atoms with van der Waals surface area (Å²) in [5.41, 5.74) is 6.71. The van der Waals surface area contributed by atoms with Gasteiger partial charge in [-0.05, 0) is 31.9 Å². The Balaban J connectivity index is 2.31. The molecule has 0 spiro atoms. The SMILES string of the molecule is CCN(c1ccccc1N)S(=O)(=O)C1CCS(=O)(=O)CC1. The van der Waals surface area contributed by atoms with Gasteiger partial charge < -0.3 is 5.73 Å². The molecule has 1 aliphatic heterocycles. The standard InChI is InChI=1S/C13H20N2O4S2/c1-2-15(13-6-4-3-5-12(13)14)21(18,19)11-7-9-20(16,17)10-8-11/h3-6,11H,2,7-10,14H2,1H3. The van der Waals surface area contributed by atoms with Crippen LogP contribution in [0, 0.1) is 0 Å². The van der Waals surface area contributed by atoms with Gasteiger partial charge >= 0.3 is 0 Å². The van der Waals surface area contributed by atoms with Crippen molar-refractivity contribution in [3.8, 4) is 0 Å². The fourth-order valence-corrected chi connectivity index (χ4v) is 6.33. The van der Waals surface area contributed by atoms with E-state index in [2.05, 4.69) is 0 Å². The minimum Gasteiger partial charge on any atom is -0.397 e. The van der Waals surface area contributed by atoms with Crippen molar-refractivity contribution in [1.29, 1.82) is 0 Å². The second-order valence-corrected chi connectivity index (χ2v) is 9.56. The van der Waals surface area contributed by atoms with E-state index in [1.165, 1.54) is 4.31 Å². The summed E-state index contributed by atoms with van der Waals surface area (Å²) in [6, 6.07) is 6.79. The molecule has 0 aliphatic carbocycles. The van der Waals surface area contributed by atoms with Crippen LogP contribution in [-0.2, 0) is 19.9 Å². The average Bonchev–Trinajstić information content (AvgIpc) is 2.41. The molecular weight excluding hydrogens is 312 g/mol. The van der Waals surface area contributed by atoms with Crippen LogP contribution in [0.25, 0.3) is 0 Å². The molecule has 1 heterocycles. The Hall–Kier alpha value is -1.28. The highest BCUT2D eigenvalue weighted by atomic mass is 32.2. The van der Waals surface area contributed by atoms with E-state index in [0.29, 0.717) is 11.4 Å². The van der Waals surface area contributed by atoms with Gasteiger partial charge in [0.15, 0.2) is 0 Å². The maximum atomic E-state index is 12.8. The molecule has 6 nitrogen and oxygen atoms in total. The Morgan fingerprint density at radius 3 is 2.33 bits per heavy atom. The summed E-state index contributed by atoms with van der Waals surface area (Å²) < 4.78 is 49.7. The van der Waals surface area contributed by atoms with Crippen LogP contribution in [0.4, 0.5) is 11.4 Å². The molecular formula is C13H20N2O4S2. The van der Waals surface area contributed by atoms with Crippen LogP contribution in [0.1, 0.15) is 19.8 Å². The molecule has 1 aliphatic rings. The number of rotatable bonds is 4. The number of sulfonamides is 1. The van der Waals surface area contributed by atoms with E-state index in [1.54, 1.807) is 31.2 Å².